The van der Waals surface area contributed by atoms with Crippen LogP contribution in [0.2, 0.25) is 0 Å². The predicted octanol–water partition coefficient (Wildman–Crippen LogP) is 1.61. The second kappa shape index (κ2) is 7.67. The number of thiophene rings is 1. The average molecular weight is 358 g/mol. The molecule has 104 valence electrons. The van der Waals surface area contributed by atoms with Crippen molar-refractivity contribution >= 4 is 39.7 Å². The summed E-state index contributed by atoms with van der Waals surface area (Å²) in [5.41, 5.74) is 0. The van der Waals surface area contributed by atoms with E-state index in [1.807, 2.05) is 0 Å². The molecule has 1 aliphatic heterocycles. The maximum atomic E-state index is 9.65. The highest BCUT2D eigenvalue weighted by Gasteiger charge is 2.24. The zero-order chi connectivity index (χ0) is 12.3. The van der Waals surface area contributed by atoms with Crippen LogP contribution >= 0.6 is 39.7 Å². The molecule has 0 amide bonds. The van der Waals surface area contributed by atoms with E-state index in [1.54, 1.807) is 18.4 Å². The number of methoxy groups -OCH3 is 1. The first kappa shape index (κ1) is 16.2. The Labute approximate surface area is 126 Å². The van der Waals surface area contributed by atoms with Gasteiger partial charge in [0.2, 0.25) is 0 Å². The maximum Gasteiger partial charge on any atom is 0.188 e. The van der Waals surface area contributed by atoms with E-state index in [0.717, 1.165) is 29.2 Å². The molecular formula is C11H18BrClN2O2S. The molecule has 0 bridgehead atoms. The van der Waals surface area contributed by atoms with Gasteiger partial charge < -0.3 is 20.5 Å². The van der Waals surface area contributed by atoms with Crippen LogP contribution in [0.25, 0.3) is 0 Å². The molecular weight excluding hydrogens is 340 g/mol. The van der Waals surface area contributed by atoms with Crippen LogP contribution in [0.5, 0.6) is 5.06 Å². The van der Waals surface area contributed by atoms with Gasteiger partial charge in [0.25, 0.3) is 0 Å². The molecule has 0 saturated carbocycles. The highest BCUT2D eigenvalue weighted by Crippen LogP contribution is 2.34. The van der Waals surface area contributed by atoms with Crippen LogP contribution in [0.4, 0.5) is 0 Å². The minimum Gasteiger partial charge on any atom is -0.486 e. The number of nitrogens with one attached hydrogen (secondary N) is 2. The van der Waals surface area contributed by atoms with Crippen LogP contribution in [0, 0.1) is 5.92 Å². The maximum absolute atomic E-state index is 9.65. The summed E-state index contributed by atoms with van der Waals surface area (Å²) in [7, 11) is 1.67. The Morgan fingerprint density at radius 1 is 1.61 bits per heavy atom. The second-order valence-corrected chi connectivity index (χ2v) is 6.12. The van der Waals surface area contributed by atoms with Gasteiger partial charge in [0.05, 0.1) is 17.7 Å². The lowest BCUT2D eigenvalue weighted by molar-refractivity contribution is 0.146. The van der Waals surface area contributed by atoms with Gasteiger partial charge in [0, 0.05) is 37.0 Å². The van der Waals surface area contributed by atoms with Gasteiger partial charge in [-0.05, 0) is 22.0 Å². The number of ether oxygens (including phenoxy) is 1. The van der Waals surface area contributed by atoms with E-state index < -0.39 is 0 Å². The molecule has 2 atom stereocenters. The Hall–Kier alpha value is 0.150. The third-order valence-corrected chi connectivity index (χ3v) is 4.85. The van der Waals surface area contributed by atoms with Crippen LogP contribution < -0.4 is 15.4 Å². The molecule has 0 radical (unpaired) electrons. The van der Waals surface area contributed by atoms with Crippen molar-refractivity contribution in [2.45, 2.75) is 12.6 Å². The molecule has 1 aromatic heterocycles. The van der Waals surface area contributed by atoms with E-state index in [-0.39, 0.29) is 18.5 Å². The van der Waals surface area contributed by atoms with Crippen molar-refractivity contribution in [2.75, 3.05) is 26.7 Å². The number of hydrogen-bond donors (Lipinski definition) is 3. The number of halogens is 2. The van der Waals surface area contributed by atoms with Crippen LogP contribution in [0.15, 0.2) is 10.5 Å². The van der Waals surface area contributed by atoms with Crippen molar-refractivity contribution in [1.29, 1.82) is 0 Å². The van der Waals surface area contributed by atoms with Crippen LogP contribution in [0.3, 0.4) is 0 Å². The monoisotopic (exact) mass is 356 g/mol. The zero-order valence-corrected chi connectivity index (χ0v) is 13.3. The largest absolute Gasteiger partial charge is 0.486 e. The first-order chi connectivity index (χ1) is 8.20. The van der Waals surface area contributed by atoms with Crippen molar-refractivity contribution in [3.05, 3.63) is 15.4 Å². The van der Waals surface area contributed by atoms with Crippen molar-refractivity contribution in [3.63, 3.8) is 0 Å². The predicted molar refractivity (Wildman–Crippen MR) is 79.9 cm³/mol. The molecule has 3 N–H and O–H groups in total. The normalized spacial score (nSPS) is 22.8. The van der Waals surface area contributed by atoms with Crippen molar-refractivity contribution in [2.24, 2.45) is 5.92 Å². The van der Waals surface area contributed by atoms with E-state index in [1.165, 1.54) is 4.88 Å². The topological polar surface area (TPSA) is 53.5 Å². The summed E-state index contributed by atoms with van der Waals surface area (Å²) >= 11 is 5.09. The lowest BCUT2D eigenvalue weighted by atomic mass is 10.1. The van der Waals surface area contributed by atoms with Crippen molar-refractivity contribution in [3.8, 4) is 5.06 Å². The molecule has 7 heteroatoms. The Bertz CT molecular complexity index is 378. The molecule has 1 aromatic rings. The lowest BCUT2D eigenvalue weighted by Gasteiger charge is -2.13. The second-order valence-electron chi connectivity index (χ2n) is 4.17. The van der Waals surface area contributed by atoms with Gasteiger partial charge in [0.15, 0.2) is 5.06 Å². The van der Waals surface area contributed by atoms with Crippen LogP contribution in [-0.2, 0) is 6.54 Å². The highest BCUT2D eigenvalue weighted by atomic mass is 79.9. The van der Waals surface area contributed by atoms with Gasteiger partial charge in [0.1, 0.15) is 0 Å². The molecule has 0 aliphatic carbocycles. The summed E-state index contributed by atoms with van der Waals surface area (Å²) < 4.78 is 6.22. The van der Waals surface area contributed by atoms with E-state index in [2.05, 4.69) is 32.6 Å². The number of hydrogen-bond acceptors (Lipinski definition) is 5. The molecule has 0 spiro atoms. The SMILES string of the molecule is COc1sc(CNCC2CNCC2O)cc1Br.Cl. The molecule has 1 saturated heterocycles. The number of aliphatic hydroxyl groups is 1. The quantitative estimate of drug-likeness (QED) is 0.749. The minimum absolute atomic E-state index is 0. The van der Waals surface area contributed by atoms with Gasteiger partial charge in [-0.2, -0.15) is 0 Å². The Morgan fingerprint density at radius 2 is 2.39 bits per heavy atom. The lowest BCUT2D eigenvalue weighted by Crippen LogP contribution is -2.29. The summed E-state index contributed by atoms with van der Waals surface area (Å²) in [6.07, 6.45) is -0.216. The summed E-state index contributed by atoms with van der Waals surface area (Å²) in [6.45, 7) is 3.26. The fraction of sp³-hybridized carbons (Fsp3) is 0.636. The molecule has 0 aromatic carbocycles. The molecule has 18 heavy (non-hydrogen) atoms. The fourth-order valence-corrected chi connectivity index (χ4v) is 3.59. The van der Waals surface area contributed by atoms with Gasteiger partial charge in [-0.25, -0.2) is 0 Å². The van der Waals surface area contributed by atoms with Crippen molar-refractivity contribution < 1.29 is 9.84 Å². The van der Waals surface area contributed by atoms with E-state index in [0.29, 0.717) is 12.5 Å². The Balaban J connectivity index is 0.00000162. The van der Waals surface area contributed by atoms with Gasteiger partial charge >= 0.3 is 0 Å². The standard InChI is InChI=1S/C11H17BrN2O2S.ClH/c1-16-11-9(12)2-8(17-11)5-13-3-7-4-14-6-10(7)15;/h2,7,10,13-15H,3-6H2,1H3;1H. The Morgan fingerprint density at radius 3 is 2.94 bits per heavy atom. The number of aliphatic hydroxyl groups excluding tert-OH is 1. The smallest absolute Gasteiger partial charge is 0.188 e. The van der Waals surface area contributed by atoms with Gasteiger partial charge in [-0.3, -0.25) is 0 Å². The van der Waals surface area contributed by atoms with Gasteiger partial charge in [-0.1, -0.05) is 0 Å². The van der Waals surface area contributed by atoms with Crippen LogP contribution in [-0.4, -0.2) is 38.0 Å². The third kappa shape index (κ3) is 4.08. The summed E-state index contributed by atoms with van der Waals surface area (Å²) in [4.78, 5) is 1.23. The van der Waals surface area contributed by atoms with E-state index >= 15 is 0 Å². The number of β-amino-alcohol motifs (C(OH)–C–C–N with tert-alkyl or cyclic N) is 1. The molecule has 4 nitrogen and oxygen atoms in total. The summed E-state index contributed by atoms with van der Waals surface area (Å²) in [6, 6.07) is 2.07. The van der Waals surface area contributed by atoms with Crippen molar-refractivity contribution in [1.82, 2.24) is 10.6 Å². The van der Waals surface area contributed by atoms with Gasteiger partial charge in [-0.15, -0.1) is 23.7 Å². The molecule has 1 aliphatic rings. The van der Waals surface area contributed by atoms with E-state index in [4.69, 9.17) is 4.74 Å². The molecule has 2 heterocycles. The average Bonchev–Trinajstić information content (AvgIpc) is 2.86. The summed E-state index contributed by atoms with van der Waals surface area (Å²) in [5.74, 6) is 0.320. The van der Waals surface area contributed by atoms with Crippen LogP contribution in [0.1, 0.15) is 4.88 Å². The third-order valence-electron chi connectivity index (χ3n) is 2.90. The van der Waals surface area contributed by atoms with E-state index in [9.17, 15) is 5.11 Å². The molecule has 2 rings (SSSR count). The molecule has 1 fully saturated rings. The fourth-order valence-electron chi connectivity index (χ4n) is 1.93. The Kier molecular flexibility index (Phi) is 6.90. The summed E-state index contributed by atoms with van der Waals surface area (Å²) in [5, 5.41) is 17.1. The first-order valence-electron chi connectivity index (χ1n) is 5.62. The first-order valence-corrected chi connectivity index (χ1v) is 7.23. The highest BCUT2D eigenvalue weighted by molar-refractivity contribution is 9.10. The zero-order valence-electron chi connectivity index (χ0n) is 10.1. The molecule has 2 unspecified atom stereocenters. The number of rotatable bonds is 5. The minimum atomic E-state index is -0.216.